The first-order valence-corrected chi connectivity index (χ1v) is 11.2. The molecule has 0 aliphatic heterocycles. The van der Waals surface area contributed by atoms with Crippen molar-refractivity contribution in [3.8, 4) is 0 Å². The van der Waals surface area contributed by atoms with Crippen molar-refractivity contribution in [3.63, 3.8) is 0 Å². The van der Waals surface area contributed by atoms with E-state index in [0.29, 0.717) is 29.6 Å². The number of anilines is 1. The van der Waals surface area contributed by atoms with Gasteiger partial charge in [-0.1, -0.05) is 11.6 Å². The van der Waals surface area contributed by atoms with Crippen LogP contribution < -0.4 is 4.72 Å². The molecule has 3 atom stereocenters. The number of methoxy groups -OCH3 is 1. The lowest BCUT2D eigenvalue weighted by Crippen LogP contribution is -2.29. The van der Waals surface area contributed by atoms with E-state index >= 15 is 0 Å². The lowest BCUT2D eigenvalue weighted by molar-refractivity contribution is 0.0961. The molecular formula is C18H27ClN6O3S. The number of hydrogen-bond donors (Lipinski definition) is 2. The Morgan fingerprint density at radius 3 is 2.62 bits per heavy atom. The van der Waals surface area contributed by atoms with Crippen LogP contribution in [0.3, 0.4) is 0 Å². The molecule has 29 heavy (non-hydrogen) atoms. The Balaban J connectivity index is 1.76. The summed E-state index contributed by atoms with van der Waals surface area (Å²) in [4.78, 5) is 8.38. The molecule has 0 radical (unpaired) electrons. The third-order valence-electron chi connectivity index (χ3n) is 5.16. The van der Waals surface area contributed by atoms with Crippen LogP contribution in [0.25, 0.3) is 0 Å². The van der Waals surface area contributed by atoms with Crippen molar-refractivity contribution < 1.29 is 14.1 Å². The average Bonchev–Trinajstić information content (AvgIpc) is 3.31. The van der Waals surface area contributed by atoms with E-state index in [1.165, 1.54) is 19.5 Å². The minimum atomic E-state index is -1.51. The molecule has 0 amide bonds. The molecule has 2 N–H and O–H groups in total. The monoisotopic (exact) mass is 442 g/mol. The molecule has 9 nitrogen and oxygen atoms in total. The van der Waals surface area contributed by atoms with Crippen molar-refractivity contribution in [2.45, 2.75) is 62.8 Å². The molecule has 1 aliphatic rings. The summed E-state index contributed by atoms with van der Waals surface area (Å²) < 4.78 is 23.6. The third-order valence-corrected chi connectivity index (χ3v) is 6.66. The lowest BCUT2D eigenvalue weighted by Gasteiger charge is -2.22. The Kier molecular flexibility index (Phi) is 7.20. The van der Waals surface area contributed by atoms with Crippen LogP contribution in [-0.4, -0.2) is 53.0 Å². The van der Waals surface area contributed by atoms with Crippen LogP contribution in [0.5, 0.6) is 0 Å². The second-order valence-corrected chi connectivity index (χ2v) is 9.45. The van der Waals surface area contributed by atoms with Crippen LogP contribution in [0.15, 0.2) is 12.4 Å². The van der Waals surface area contributed by atoms with Crippen molar-refractivity contribution >= 4 is 28.5 Å². The number of aliphatic hydroxyl groups excluding tert-OH is 1. The van der Waals surface area contributed by atoms with E-state index in [-0.39, 0.29) is 12.1 Å². The summed E-state index contributed by atoms with van der Waals surface area (Å²) in [6.07, 6.45) is 6.70. The molecule has 1 fully saturated rings. The summed E-state index contributed by atoms with van der Waals surface area (Å²) in [6.45, 7) is 4.10. The summed E-state index contributed by atoms with van der Waals surface area (Å²) in [5, 5.41) is 17.6. The van der Waals surface area contributed by atoms with Gasteiger partial charge < -0.3 is 9.84 Å². The summed E-state index contributed by atoms with van der Waals surface area (Å²) >= 11 is 5.85. The van der Waals surface area contributed by atoms with Gasteiger partial charge in [0.2, 0.25) is 5.95 Å². The number of aromatic nitrogens is 5. The minimum absolute atomic E-state index is 0.0617. The maximum absolute atomic E-state index is 13.0. The molecule has 11 heteroatoms. The predicted octanol–water partition coefficient (Wildman–Crippen LogP) is 2.40. The molecule has 1 saturated carbocycles. The van der Waals surface area contributed by atoms with Crippen molar-refractivity contribution in [2.24, 2.45) is 0 Å². The third kappa shape index (κ3) is 5.11. The van der Waals surface area contributed by atoms with Crippen LogP contribution in [-0.2, 0) is 27.7 Å². The molecule has 3 unspecified atom stereocenters. The van der Waals surface area contributed by atoms with Gasteiger partial charge in [-0.25, -0.2) is 14.2 Å². The summed E-state index contributed by atoms with van der Waals surface area (Å²) in [7, 11) is 0.0169. The zero-order valence-electron chi connectivity index (χ0n) is 16.8. The van der Waals surface area contributed by atoms with E-state index in [4.69, 9.17) is 21.4 Å². The minimum Gasteiger partial charge on any atom is -0.396 e. The number of aliphatic hydroxyl groups is 1. The van der Waals surface area contributed by atoms with Crippen LogP contribution in [0.1, 0.15) is 57.3 Å². The molecule has 0 spiro atoms. The summed E-state index contributed by atoms with van der Waals surface area (Å²) in [5.74, 6) is 1.75. The molecule has 160 valence electrons. The number of nitrogens with one attached hydrogen (secondary N) is 1. The average molecular weight is 443 g/mol. The molecule has 0 bridgehead atoms. The maximum atomic E-state index is 13.0. The van der Waals surface area contributed by atoms with Crippen LogP contribution in [0, 0.1) is 0 Å². The number of unbranched alkanes of at least 4 members (excludes halogenated alkanes) is 1. The molecular weight excluding hydrogens is 416 g/mol. The molecule has 1 aliphatic carbocycles. The van der Waals surface area contributed by atoms with Gasteiger partial charge in [-0.05, 0) is 39.5 Å². The molecule has 0 saturated heterocycles. The normalized spacial score (nSPS) is 18.2. The van der Waals surface area contributed by atoms with E-state index in [2.05, 4.69) is 36.4 Å². The topological polar surface area (TPSA) is 115 Å². The van der Waals surface area contributed by atoms with Gasteiger partial charge in [0.25, 0.3) is 0 Å². The summed E-state index contributed by atoms with van der Waals surface area (Å²) in [6, 6.07) is 0. The summed E-state index contributed by atoms with van der Waals surface area (Å²) in [5.41, 5.74) is -0.0617. The Bertz CT molecular complexity index is 843. The van der Waals surface area contributed by atoms with Gasteiger partial charge >= 0.3 is 0 Å². The smallest absolute Gasteiger partial charge is 0.237 e. The fourth-order valence-corrected chi connectivity index (χ4v) is 4.24. The van der Waals surface area contributed by atoms with Gasteiger partial charge in [0.15, 0.2) is 5.82 Å². The molecule has 3 rings (SSSR count). The standard InChI is InChI=1S/C18H27ClN6O3S/c1-12(15(28-3)16-20-10-13(19)11-21-16)29(27)24-17-23-22-14(6-4-5-9-26)25(17)18(2)7-8-18/h10-12,15,26H,4-9H2,1-3H3,(H,23,24). The van der Waals surface area contributed by atoms with E-state index in [1.54, 1.807) is 6.92 Å². The van der Waals surface area contributed by atoms with Gasteiger partial charge in [0.05, 0.1) is 10.3 Å². The Hall–Kier alpha value is -1.62. The van der Waals surface area contributed by atoms with E-state index in [1.807, 2.05) is 0 Å². The van der Waals surface area contributed by atoms with Gasteiger partial charge in [0.1, 0.15) is 22.9 Å². The van der Waals surface area contributed by atoms with Crippen LogP contribution in [0.4, 0.5) is 5.95 Å². The number of ether oxygens (including phenoxy) is 1. The Morgan fingerprint density at radius 2 is 2.03 bits per heavy atom. The quantitative estimate of drug-likeness (QED) is 0.513. The first-order valence-electron chi connectivity index (χ1n) is 9.62. The van der Waals surface area contributed by atoms with Crippen molar-refractivity contribution in [1.82, 2.24) is 24.7 Å². The fourth-order valence-electron chi connectivity index (χ4n) is 3.18. The zero-order chi connectivity index (χ0) is 21.0. The van der Waals surface area contributed by atoms with Crippen molar-refractivity contribution in [1.29, 1.82) is 0 Å². The number of aryl methyl sites for hydroxylation is 1. The van der Waals surface area contributed by atoms with Gasteiger partial charge in [0, 0.05) is 38.1 Å². The van der Waals surface area contributed by atoms with Gasteiger partial charge in [-0.2, -0.15) is 0 Å². The van der Waals surface area contributed by atoms with Gasteiger partial charge in [-0.15, -0.1) is 10.2 Å². The maximum Gasteiger partial charge on any atom is 0.237 e. The van der Waals surface area contributed by atoms with Crippen molar-refractivity contribution in [3.05, 3.63) is 29.1 Å². The van der Waals surface area contributed by atoms with E-state index in [0.717, 1.165) is 25.1 Å². The lowest BCUT2D eigenvalue weighted by atomic mass is 10.2. The van der Waals surface area contributed by atoms with Crippen molar-refractivity contribution in [2.75, 3.05) is 18.4 Å². The van der Waals surface area contributed by atoms with Gasteiger partial charge in [-0.3, -0.25) is 9.29 Å². The molecule has 2 heterocycles. The SMILES string of the molecule is COC(c1ncc(Cl)cn1)C(C)S(=O)Nc1nnc(CCCCO)n1C1(C)CC1. The molecule has 0 aromatic carbocycles. The zero-order valence-corrected chi connectivity index (χ0v) is 18.4. The van der Waals surface area contributed by atoms with Crippen LogP contribution >= 0.6 is 11.6 Å². The Morgan fingerprint density at radius 1 is 1.34 bits per heavy atom. The number of nitrogens with zero attached hydrogens (tertiary/aromatic N) is 5. The second-order valence-electron chi connectivity index (χ2n) is 7.47. The number of halogens is 1. The first kappa shape index (κ1) is 22.1. The highest BCUT2D eigenvalue weighted by molar-refractivity contribution is 7.87. The largest absolute Gasteiger partial charge is 0.396 e. The molecule has 2 aromatic heterocycles. The first-order chi connectivity index (χ1) is 13.9. The van der Waals surface area contributed by atoms with E-state index < -0.39 is 22.3 Å². The highest BCUT2D eigenvalue weighted by Gasteiger charge is 2.43. The highest BCUT2D eigenvalue weighted by atomic mass is 35.5. The van der Waals surface area contributed by atoms with E-state index in [9.17, 15) is 4.21 Å². The number of rotatable bonds is 11. The fraction of sp³-hybridized carbons (Fsp3) is 0.667. The number of hydrogen-bond acceptors (Lipinski definition) is 7. The second kappa shape index (κ2) is 9.46. The highest BCUT2D eigenvalue weighted by Crippen LogP contribution is 2.45. The van der Waals surface area contributed by atoms with Crippen LogP contribution in [0.2, 0.25) is 5.02 Å². The predicted molar refractivity (Wildman–Crippen MR) is 111 cm³/mol. The Labute approximate surface area is 177 Å². The molecule has 2 aromatic rings.